The maximum Gasteiger partial charge on any atom is 0.0205 e. The van der Waals surface area contributed by atoms with Crippen molar-refractivity contribution in [3.8, 4) is 0 Å². The molecule has 1 heteroatoms. The summed E-state index contributed by atoms with van der Waals surface area (Å²) in [5, 5.41) is 3.14. The van der Waals surface area contributed by atoms with E-state index in [1.165, 1.54) is 16.7 Å². The van der Waals surface area contributed by atoms with E-state index in [1.54, 1.807) is 0 Å². The number of rotatable bonds is 2. The van der Waals surface area contributed by atoms with Crippen molar-refractivity contribution in [3.63, 3.8) is 0 Å². The standard InChI is InChI=1S/C10H15N.C2H6/c1-8-4-5-10(7-11-3)9(2)6-8;1-2/h4-6,11H,7H2,1-3H3;1-2H3. The van der Waals surface area contributed by atoms with E-state index >= 15 is 0 Å². The Morgan fingerprint density at radius 3 is 2.23 bits per heavy atom. The Labute approximate surface area is 82.2 Å². The Bertz CT molecular complexity index is 241. The van der Waals surface area contributed by atoms with Gasteiger partial charge in [-0.05, 0) is 32.0 Å². The highest BCUT2D eigenvalue weighted by Gasteiger charge is 1.95. The van der Waals surface area contributed by atoms with Crippen LogP contribution in [0.1, 0.15) is 30.5 Å². The van der Waals surface area contributed by atoms with Crippen LogP contribution in [-0.4, -0.2) is 7.05 Å². The van der Waals surface area contributed by atoms with E-state index in [0.717, 1.165) is 6.54 Å². The van der Waals surface area contributed by atoms with Crippen molar-refractivity contribution in [3.05, 3.63) is 34.9 Å². The van der Waals surface area contributed by atoms with Gasteiger partial charge in [0.2, 0.25) is 0 Å². The summed E-state index contributed by atoms with van der Waals surface area (Å²) in [6.07, 6.45) is 0. The molecule has 0 bridgehead atoms. The summed E-state index contributed by atoms with van der Waals surface area (Å²) < 4.78 is 0. The van der Waals surface area contributed by atoms with Crippen LogP contribution >= 0.6 is 0 Å². The van der Waals surface area contributed by atoms with Crippen molar-refractivity contribution in [1.29, 1.82) is 0 Å². The molecule has 0 spiro atoms. The molecule has 1 aromatic rings. The monoisotopic (exact) mass is 179 g/mol. The topological polar surface area (TPSA) is 12.0 Å². The first-order valence-corrected chi connectivity index (χ1v) is 4.95. The molecule has 0 atom stereocenters. The van der Waals surface area contributed by atoms with Gasteiger partial charge in [0.1, 0.15) is 0 Å². The summed E-state index contributed by atoms with van der Waals surface area (Å²) in [6.45, 7) is 9.24. The molecule has 0 saturated carbocycles. The van der Waals surface area contributed by atoms with E-state index in [4.69, 9.17) is 0 Å². The van der Waals surface area contributed by atoms with Gasteiger partial charge in [-0.3, -0.25) is 0 Å². The Hall–Kier alpha value is -0.820. The first-order valence-electron chi connectivity index (χ1n) is 4.95. The highest BCUT2D eigenvalue weighted by atomic mass is 14.8. The van der Waals surface area contributed by atoms with Crippen LogP contribution in [0.2, 0.25) is 0 Å². The molecule has 13 heavy (non-hydrogen) atoms. The number of hydrogen-bond acceptors (Lipinski definition) is 1. The van der Waals surface area contributed by atoms with Gasteiger partial charge in [0.05, 0.1) is 0 Å². The van der Waals surface area contributed by atoms with E-state index in [1.807, 2.05) is 20.9 Å². The van der Waals surface area contributed by atoms with Crippen LogP contribution in [-0.2, 0) is 6.54 Å². The van der Waals surface area contributed by atoms with Gasteiger partial charge in [-0.1, -0.05) is 37.6 Å². The van der Waals surface area contributed by atoms with Gasteiger partial charge in [-0.25, -0.2) is 0 Å². The van der Waals surface area contributed by atoms with E-state index in [0.29, 0.717) is 0 Å². The molecule has 0 aliphatic heterocycles. The maximum absolute atomic E-state index is 3.14. The van der Waals surface area contributed by atoms with Crippen LogP contribution in [0.15, 0.2) is 18.2 Å². The molecular weight excluding hydrogens is 158 g/mol. The number of benzene rings is 1. The minimum atomic E-state index is 0.964. The van der Waals surface area contributed by atoms with Crippen LogP contribution in [0.3, 0.4) is 0 Å². The summed E-state index contributed by atoms with van der Waals surface area (Å²) in [6, 6.07) is 6.55. The van der Waals surface area contributed by atoms with Crippen LogP contribution < -0.4 is 5.32 Å². The molecule has 0 amide bonds. The van der Waals surface area contributed by atoms with Crippen molar-refractivity contribution < 1.29 is 0 Å². The van der Waals surface area contributed by atoms with Gasteiger partial charge in [0, 0.05) is 6.54 Å². The van der Waals surface area contributed by atoms with Gasteiger partial charge >= 0.3 is 0 Å². The number of aryl methyl sites for hydroxylation is 2. The SMILES string of the molecule is CC.CNCc1ccc(C)cc1C. The zero-order valence-corrected chi connectivity index (χ0v) is 9.44. The van der Waals surface area contributed by atoms with Gasteiger partial charge in [-0.15, -0.1) is 0 Å². The van der Waals surface area contributed by atoms with Crippen LogP contribution in [0.4, 0.5) is 0 Å². The molecule has 0 aliphatic rings. The molecule has 1 N–H and O–H groups in total. The third-order valence-corrected chi connectivity index (χ3v) is 1.87. The fourth-order valence-corrected chi connectivity index (χ4v) is 1.23. The fraction of sp³-hybridized carbons (Fsp3) is 0.500. The molecule has 0 saturated heterocycles. The number of nitrogens with one attached hydrogen (secondary N) is 1. The molecule has 1 rings (SSSR count). The molecular formula is C12H21N. The van der Waals surface area contributed by atoms with Crippen molar-refractivity contribution in [2.45, 2.75) is 34.2 Å². The largest absolute Gasteiger partial charge is 0.316 e. The van der Waals surface area contributed by atoms with Gasteiger partial charge in [0.25, 0.3) is 0 Å². The molecule has 74 valence electrons. The molecule has 0 radical (unpaired) electrons. The average molecular weight is 179 g/mol. The van der Waals surface area contributed by atoms with Gasteiger partial charge in [0.15, 0.2) is 0 Å². The Morgan fingerprint density at radius 2 is 1.77 bits per heavy atom. The first kappa shape index (κ1) is 12.2. The van der Waals surface area contributed by atoms with Crippen LogP contribution in [0.25, 0.3) is 0 Å². The second-order valence-electron chi connectivity index (χ2n) is 2.96. The van der Waals surface area contributed by atoms with Crippen LogP contribution in [0, 0.1) is 13.8 Å². The molecule has 0 unspecified atom stereocenters. The lowest BCUT2D eigenvalue weighted by Gasteiger charge is -2.04. The Morgan fingerprint density at radius 1 is 1.15 bits per heavy atom. The third-order valence-electron chi connectivity index (χ3n) is 1.87. The lowest BCUT2D eigenvalue weighted by atomic mass is 10.1. The Kier molecular flexibility index (Phi) is 6.25. The van der Waals surface area contributed by atoms with Gasteiger partial charge < -0.3 is 5.32 Å². The highest BCUT2D eigenvalue weighted by Crippen LogP contribution is 2.09. The van der Waals surface area contributed by atoms with E-state index < -0.39 is 0 Å². The first-order chi connectivity index (χ1) is 6.24. The summed E-state index contributed by atoms with van der Waals surface area (Å²) in [5.41, 5.74) is 4.10. The zero-order valence-electron chi connectivity index (χ0n) is 9.44. The van der Waals surface area contributed by atoms with E-state index in [9.17, 15) is 0 Å². The third kappa shape index (κ3) is 4.09. The molecule has 1 nitrogen and oxygen atoms in total. The minimum absolute atomic E-state index is 0.964. The maximum atomic E-state index is 3.14. The lowest BCUT2D eigenvalue weighted by Crippen LogP contribution is -2.06. The van der Waals surface area contributed by atoms with E-state index in [-0.39, 0.29) is 0 Å². The summed E-state index contributed by atoms with van der Waals surface area (Å²) >= 11 is 0. The second-order valence-corrected chi connectivity index (χ2v) is 2.96. The zero-order chi connectivity index (χ0) is 10.3. The number of hydrogen-bond donors (Lipinski definition) is 1. The van der Waals surface area contributed by atoms with Gasteiger partial charge in [-0.2, -0.15) is 0 Å². The van der Waals surface area contributed by atoms with Crippen LogP contribution in [0.5, 0.6) is 0 Å². The smallest absolute Gasteiger partial charge is 0.0205 e. The predicted molar refractivity (Wildman–Crippen MR) is 60.0 cm³/mol. The molecule has 0 fully saturated rings. The summed E-state index contributed by atoms with van der Waals surface area (Å²) in [7, 11) is 1.97. The van der Waals surface area contributed by atoms with Crippen molar-refractivity contribution in [1.82, 2.24) is 5.32 Å². The Balaban J connectivity index is 0.000000671. The molecule has 0 heterocycles. The minimum Gasteiger partial charge on any atom is -0.316 e. The summed E-state index contributed by atoms with van der Waals surface area (Å²) in [4.78, 5) is 0. The van der Waals surface area contributed by atoms with Crippen molar-refractivity contribution in [2.75, 3.05) is 7.05 Å². The van der Waals surface area contributed by atoms with Crippen molar-refractivity contribution >= 4 is 0 Å². The fourth-order valence-electron chi connectivity index (χ4n) is 1.23. The predicted octanol–water partition coefficient (Wildman–Crippen LogP) is 3.05. The highest BCUT2D eigenvalue weighted by molar-refractivity contribution is 5.30. The second kappa shape index (κ2) is 6.67. The molecule has 1 aromatic carbocycles. The molecule has 0 aliphatic carbocycles. The summed E-state index contributed by atoms with van der Waals surface area (Å²) in [5.74, 6) is 0. The molecule has 0 aromatic heterocycles. The average Bonchev–Trinajstić information content (AvgIpc) is 2.14. The lowest BCUT2D eigenvalue weighted by molar-refractivity contribution is 0.811. The normalized spacial score (nSPS) is 9.00. The quantitative estimate of drug-likeness (QED) is 0.735. The van der Waals surface area contributed by atoms with E-state index in [2.05, 4.69) is 37.4 Å². The van der Waals surface area contributed by atoms with Crippen molar-refractivity contribution in [2.24, 2.45) is 0 Å².